The largest absolute Gasteiger partial charge is 0.490 e. The van der Waals surface area contributed by atoms with Crippen molar-refractivity contribution in [3.63, 3.8) is 0 Å². The SMILES string of the molecule is CCOc1cc(/C=C2\C(=O)NC(=O)N(c3ccc(OCc4ccc(Cl)cc4Cl)cc3)C2=O)cc(Cl)c1OCc1ccc(C)cc1. The Bertz CT molecular complexity index is 1790. The molecule has 0 aliphatic carbocycles. The molecule has 0 radical (unpaired) electrons. The summed E-state index contributed by atoms with van der Waals surface area (Å²) in [4.78, 5) is 39.9. The molecule has 0 saturated carbocycles. The summed E-state index contributed by atoms with van der Waals surface area (Å²) in [6.07, 6.45) is 1.35. The molecule has 4 aromatic carbocycles. The number of carbonyl (C=O) groups is 3. The van der Waals surface area contributed by atoms with E-state index in [1.807, 2.05) is 38.1 Å². The Morgan fingerprint density at radius 2 is 1.53 bits per heavy atom. The molecule has 11 heteroatoms. The molecule has 1 aliphatic heterocycles. The Kier molecular flexibility index (Phi) is 9.98. The van der Waals surface area contributed by atoms with Crippen LogP contribution in [0.4, 0.5) is 10.5 Å². The van der Waals surface area contributed by atoms with Gasteiger partial charge in [-0.3, -0.25) is 14.9 Å². The lowest BCUT2D eigenvalue weighted by molar-refractivity contribution is -0.122. The van der Waals surface area contributed by atoms with Crippen molar-refractivity contribution in [2.45, 2.75) is 27.1 Å². The molecule has 1 aliphatic rings. The van der Waals surface area contributed by atoms with Crippen molar-refractivity contribution in [3.05, 3.63) is 122 Å². The van der Waals surface area contributed by atoms with Gasteiger partial charge in [0.25, 0.3) is 11.8 Å². The van der Waals surface area contributed by atoms with Crippen LogP contribution in [0.2, 0.25) is 15.1 Å². The van der Waals surface area contributed by atoms with Crippen molar-refractivity contribution in [2.75, 3.05) is 11.5 Å². The first-order valence-electron chi connectivity index (χ1n) is 13.9. The number of benzene rings is 4. The van der Waals surface area contributed by atoms with Gasteiger partial charge in [0.05, 0.1) is 17.3 Å². The Hall–Kier alpha value is -4.50. The van der Waals surface area contributed by atoms with Crippen LogP contribution in [0, 0.1) is 6.92 Å². The number of aryl methyl sites for hydroxylation is 1. The average Bonchev–Trinajstić information content (AvgIpc) is 3.00. The van der Waals surface area contributed by atoms with Crippen LogP contribution in [0.25, 0.3) is 6.08 Å². The quantitative estimate of drug-likeness (QED) is 0.136. The molecule has 45 heavy (non-hydrogen) atoms. The Labute approximate surface area is 275 Å². The highest BCUT2D eigenvalue weighted by Crippen LogP contribution is 2.38. The average molecular weight is 666 g/mol. The molecule has 1 N–H and O–H groups in total. The third kappa shape index (κ3) is 7.60. The van der Waals surface area contributed by atoms with Crippen LogP contribution >= 0.6 is 34.8 Å². The highest BCUT2D eigenvalue weighted by Gasteiger charge is 2.37. The van der Waals surface area contributed by atoms with Crippen molar-refractivity contribution in [3.8, 4) is 17.2 Å². The molecular weight excluding hydrogens is 639 g/mol. The van der Waals surface area contributed by atoms with E-state index in [1.54, 1.807) is 42.5 Å². The minimum absolute atomic E-state index is 0.182. The molecule has 1 saturated heterocycles. The molecule has 5 rings (SSSR count). The number of carbonyl (C=O) groups excluding carboxylic acids is 3. The summed E-state index contributed by atoms with van der Waals surface area (Å²) in [5.41, 5.74) is 3.20. The summed E-state index contributed by atoms with van der Waals surface area (Å²) in [6.45, 7) is 4.58. The number of hydrogen-bond acceptors (Lipinski definition) is 6. The zero-order valence-electron chi connectivity index (χ0n) is 24.2. The van der Waals surface area contributed by atoms with Gasteiger partial charge >= 0.3 is 6.03 Å². The number of imide groups is 2. The van der Waals surface area contributed by atoms with Crippen molar-refractivity contribution < 1.29 is 28.6 Å². The second kappa shape index (κ2) is 14.1. The standard InChI is InChI=1S/C34H27Cl3N2O6/c1-3-43-30-16-22(15-29(37)31(30)45-18-21-6-4-20(2)5-7-21)14-27-32(40)38-34(42)39(33(27)41)25-10-12-26(13-11-25)44-19-23-8-9-24(35)17-28(23)36/h4-17H,3,18-19H2,1-2H3,(H,38,40,42)/b27-14+. The van der Waals surface area contributed by atoms with E-state index in [-0.39, 0.29) is 29.5 Å². The van der Waals surface area contributed by atoms with Crippen LogP contribution in [0.1, 0.15) is 29.2 Å². The number of nitrogens with zero attached hydrogens (tertiary/aromatic N) is 1. The van der Waals surface area contributed by atoms with Gasteiger partial charge in [0.1, 0.15) is 24.5 Å². The van der Waals surface area contributed by atoms with Crippen molar-refractivity contribution in [1.82, 2.24) is 5.32 Å². The van der Waals surface area contributed by atoms with Crippen molar-refractivity contribution in [1.29, 1.82) is 0 Å². The first-order valence-corrected chi connectivity index (χ1v) is 15.0. The molecule has 0 spiro atoms. The molecule has 0 unspecified atom stereocenters. The minimum Gasteiger partial charge on any atom is -0.490 e. The summed E-state index contributed by atoms with van der Waals surface area (Å²) in [5.74, 6) is -0.493. The fraction of sp³-hybridized carbons (Fsp3) is 0.147. The fourth-order valence-electron chi connectivity index (χ4n) is 4.46. The van der Waals surface area contributed by atoms with Crippen LogP contribution in [0.5, 0.6) is 17.2 Å². The smallest absolute Gasteiger partial charge is 0.335 e. The molecule has 0 bridgehead atoms. The van der Waals surface area contributed by atoms with Gasteiger partial charge in [-0.25, -0.2) is 9.69 Å². The normalized spacial score (nSPS) is 14.0. The molecule has 0 aromatic heterocycles. The highest BCUT2D eigenvalue weighted by atomic mass is 35.5. The van der Waals surface area contributed by atoms with E-state index in [0.29, 0.717) is 39.5 Å². The number of ether oxygens (including phenoxy) is 3. The number of urea groups is 1. The Balaban J connectivity index is 1.35. The van der Waals surface area contributed by atoms with Gasteiger partial charge in [0, 0.05) is 15.6 Å². The van der Waals surface area contributed by atoms with Gasteiger partial charge in [-0.2, -0.15) is 0 Å². The summed E-state index contributed by atoms with van der Waals surface area (Å²) in [5, 5.41) is 3.44. The van der Waals surface area contributed by atoms with E-state index >= 15 is 0 Å². The molecule has 4 amide bonds. The van der Waals surface area contributed by atoms with Gasteiger partial charge < -0.3 is 14.2 Å². The molecular formula is C34H27Cl3N2O6. The minimum atomic E-state index is -0.878. The van der Waals surface area contributed by atoms with Crippen LogP contribution in [0.15, 0.2) is 84.4 Å². The van der Waals surface area contributed by atoms with E-state index in [2.05, 4.69) is 5.32 Å². The third-order valence-corrected chi connectivity index (χ3v) is 7.62. The summed E-state index contributed by atoms with van der Waals surface area (Å²) >= 11 is 18.7. The maximum Gasteiger partial charge on any atom is 0.335 e. The number of hydrogen-bond donors (Lipinski definition) is 1. The van der Waals surface area contributed by atoms with E-state index in [9.17, 15) is 14.4 Å². The second-order valence-corrected chi connectivity index (χ2v) is 11.3. The lowest BCUT2D eigenvalue weighted by atomic mass is 10.1. The lowest BCUT2D eigenvalue weighted by Gasteiger charge is -2.26. The first kappa shape index (κ1) is 31.9. The molecule has 4 aromatic rings. The number of anilines is 1. The maximum atomic E-state index is 13.5. The predicted molar refractivity (Wildman–Crippen MR) is 174 cm³/mol. The summed E-state index contributed by atoms with van der Waals surface area (Å²) in [6, 6.07) is 21.6. The van der Waals surface area contributed by atoms with E-state index in [1.165, 1.54) is 18.2 Å². The number of amides is 4. The predicted octanol–water partition coefficient (Wildman–Crippen LogP) is 8.18. The van der Waals surface area contributed by atoms with Gasteiger partial charge in [-0.05, 0) is 79.6 Å². The van der Waals surface area contributed by atoms with Crippen molar-refractivity contribution >= 4 is 64.4 Å². The number of halogens is 3. The van der Waals surface area contributed by atoms with E-state index in [4.69, 9.17) is 49.0 Å². The fourth-order valence-corrected chi connectivity index (χ4v) is 5.20. The van der Waals surface area contributed by atoms with Gasteiger partial charge in [-0.15, -0.1) is 0 Å². The number of rotatable bonds is 10. The Morgan fingerprint density at radius 1 is 0.800 bits per heavy atom. The second-order valence-electron chi connectivity index (χ2n) is 10.0. The van der Waals surface area contributed by atoms with E-state index in [0.717, 1.165) is 21.6 Å². The van der Waals surface area contributed by atoms with Crippen LogP contribution in [0.3, 0.4) is 0 Å². The first-order chi connectivity index (χ1) is 21.6. The monoisotopic (exact) mass is 664 g/mol. The molecule has 1 heterocycles. The van der Waals surface area contributed by atoms with Gasteiger partial charge in [0.2, 0.25) is 0 Å². The maximum absolute atomic E-state index is 13.5. The van der Waals surface area contributed by atoms with Crippen LogP contribution in [-0.4, -0.2) is 24.5 Å². The van der Waals surface area contributed by atoms with Crippen molar-refractivity contribution in [2.24, 2.45) is 0 Å². The zero-order valence-corrected chi connectivity index (χ0v) is 26.5. The highest BCUT2D eigenvalue weighted by molar-refractivity contribution is 6.39. The molecule has 8 nitrogen and oxygen atoms in total. The molecule has 1 fully saturated rings. The topological polar surface area (TPSA) is 94.2 Å². The van der Waals surface area contributed by atoms with Crippen LogP contribution in [-0.2, 0) is 22.8 Å². The van der Waals surface area contributed by atoms with E-state index < -0.39 is 17.8 Å². The number of barbiturate groups is 1. The number of nitrogens with one attached hydrogen (secondary N) is 1. The summed E-state index contributed by atoms with van der Waals surface area (Å²) < 4.78 is 17.6. The molecule has 230 valence electrons. The summed E-state index contributed by atoms with van der Waals surface area (Å²) in [7, 11) is 0. The lowest BCUT2D eigenvalue weighted by Crippen LogP contribution is -2.54. The Morgan fingerprint density at radius 3 is 2.22 bits per heavy atom. The molecule has 0 atom stereocenters. The third-order valence-electron chi connectivity index (χ3n) is 6.75. The van der Waals surface area contributed by atoms with Gasteiger partial charge in [0.15, 0.2) is 11.5 Å². The van der Waals surface area contributed by atoms with Gasteiger partial charge in [-0.1, -0.05) is 70.7 Å². The zero-order chi connectivity index (χ0) is 32.1. The van der Waals surface area contributed by atoms with Crippen LogP contribution < -0.4 is 24.4 Å².